The minimum Gasteiger partial charge on any atom is -0.368 e. The third-order valence-corrected chi connectivity index (χ3v) is 5.42. The van der Waals surface area contributed by atoms with Crippen molar-refractivity contribution in [2.24, 2.45) is 5.73 Å². The highest BCUT2D eigenvalue weighted by Gasteiger charge is 2.41. The molecule has 6 heteroatoms. The van der Waals surface area contributed by atoms with Crippen LogP contribution in [0.25, 0.3) is 0 Å². The van der Waals surface area contributed by atoms with E-state index >= 15 is 0 Å². The highest BCUT2D eigenvalue weighted by atomic mass is 79.9. The zero-order valence-electron chi connectivity index (χ0n) is 12.4. The van der Waals surface area contributed by atoms with Crippen LogP contribution in [0, 0.1) is 0 Å². The molecule has 0 spiro atoms. The van der Waals surface area contributed by atoms with E-state index in [4.69, 9.17) is 5.73 Å². The second-order valence-electron chi connectivity index (χ2n) is 5.90. The third-order valence-electron chi connectivity index (χ3n) is 3.73. The van der Waals surface area contributed by atoms with Crippen LogP contribution in [0.2, 0.25) is 0 Å². The number of nitrogens with two attached hydrogens (primary N) is 1. The Balaban J connectivity index is 2.08. The van der Waals surface area contributed by atoms with Gasteiger partial charge in [0.05, 0.1) is 10.6 Å². The molecule has 2 rings (SSSR count). The second kappa shape index (κ2) is 7.11. The van der Waals surface area contributed by atoms with Crippen molar-refractivity contribution in [2.45, 2.75) is 61.4 Å². The second-order valence-corrected chi connectivity index (χ2v) is 8.13. The number of nitrogens with one attached hydrogen (secondary N) is 1. The Bertz CT molecular complexity index is 494. The van der Waals surface area contributed by atoms with Gasteiger partial charge in [0.15, 0.2) is 0 Å². The summed E-state index contributed by atoms with van der Waals surface area (Å²) in [5.41, 5.74) is 5.12. The maximum Gasteiger partial charge on any atom is 0.237 e. The number of aromatic nitrogens is 1. The Kier molecular flexibility index (Phi) is 5.68. The molecule has 2 unspecified atom stereocenters. The Hall–Kier alpha value is -0.590. The molecule has 2 atom stereocenters. The van der Waals surface area contributed by atoms with Crippen molar-refractivity contribution in [3.63, 3.8) is 0 Å². The topological polar surface area (TPSA) is 68.0 Å². The van der Waals surface area contributed by atoms with Gasteiger partial charge < -0.3 is 11.1 Å². The van der Waals surface area contributed by atoms with E-state index in [-0.39, 0.29) is 11.9 Å². The van der Waals surface area contributed by atoms with Crippen molar-refractivity contribution >= 4 is 33.6 Å². The van der Waals surface area contributed by atoms with E-state index in [9.17, 15) is 4.79 Å². The standard InChI is InChI=1S/C15H22BrN3OS/c1-10(2)19-15(14(17)20)7-3-4-12(8-15)21-13-6-5-11(16)9-18-13/h5-6,9-10,12,19H,3-4,7-8H2,1-2H3,(H2,17,20). The Labute approximate surface area is 138 Å². The summed E-state index contributed by atoms with van der Waals surface area (Å²) < 4.78 is 0.975. The molecule has 1 aromatic rings. The predicted octanol–water partition coefficient (Wildman–Crippen LogP) is 3.10. The van der Waals surface area contributed by atoms with Crippen molar-refractivity contribution in [3.8, 4) is 0 Å². The van der Waals surface area contributed by atoms with Crippen LogP contribution in [0.4, 0.5) is 0 Å². The average molecular weight is 372 g/mol. The van der Waals surface area contributed by atoms with Crippen molar-refractivity contribution in [3.05, 3.63) is 22.8 Å². The van der Waals surface area contributed by atoms with Gasteiger partial charge >= 0.3 is 0 Å². The van der Waals surface area contributed by atoms with Gasteiger partial charge in [-0.2, -0.15) is 0 Å². The summed E-state index contributed by atoms with van der Waals surface area (Å²) in [5.74, 6) is -0.231. The van der Waals surface area contributed by atoms with E-state index in [0.29, 0.717) is 5.25 Å². The molecule has 0 radical (unpaired) electrons. The van der Waals surface area contributed by atoms with Crippen LogP contribution in [-0.4, -0.2) is 27.7 Å². The van der Waals surface area contributed by atoms with E-state index in [1.807, 2.05) is 12.1 Å². The lowest BCUT2D eigenvalue weighted by Gasteiger charge is -2.40. The van der Waals surface area contributed by atoms with E-state index in [1.54, 1.807) is 18.0 Å². The number of pyridine rings is 1. The lowest BCUT2D eigenvalue weighted by molar-refractivity contribution is -0.126. The molecule has 1 aliphatic carbocycles. The number of amides is 1. The van der Waals surface area contributed by atoms with Gasteiger partial charge in [0, 0.05) is 22.0 Å². The van der Waals surface area contributed by atoms with Crippen LogP contribution in [0.5, 0.6) is 0 Å². The molecule has 1 aromatic heterocycles. The van der Waals surface area contributed by atoms with Crippen LogP contribution >= 0.6 is 27.7 Å². The van der Waals surface area contributed by atoms with E-state index in [0.717, 1.165) is 35.2 Å². The molecule has 116 valence electrons. The van der Waals surface area contributed by atoms with E-state index in [2.05, 4.69) is 40.1 Å². The van der Waals surface area contributed by atoms with Crippen molar-refractivity contribution < 1.29 is 4.79 Å². The SMILES string of the molecule is CC(C)NC1(C(N)=O)CCCC(Sc2ccc(Br)cn2)C1. The van der Waals surface area contributed by atoms with Gasteiger partial charge in [-0.25, -0.2) is 4.98 Å². The van der Waals surface area contributed by atoms with Gasteiger partial charge in [-0.15, -0.1) is 11.8 Å². The normalized spacial score (nSPS) is 26.0. The summed E-state index contributed by atoms with van der Waals surface area (Å²) in [6, 6.07) is 4.24. The number of hydrogen-bond donors (Lipinski definition) is 2. The molecule has 1 amide bonds. The zero-order chi connectivity index (χ0) is 15.5. The van der Waals surface area contributed by atoms with Crippen LogP contribution in [-0.2, 0) is 4.79 Å². The highest BCUT2D eigenvalue weighted by molar-refractivity contribution is 9.10. The summed E-state index contributed by atoms with van der Waals surface area (Å²) in [7, 11) is 0. The van der Waals surface area contributed by atoms with Crippen LogP contribution in [0.1, 0.15) is 39.5 Å². The number of nitrogens with zero attached hydrogens (tertiary/aromatic N) is 1. The first-order chi connectivity index (χ1) is 9.91. The number of primary amides is 1. The molecular formula is C15H22BrN3OS. The van der Waals surface area contributed by atoms with Crippen molar-refractivity contribution in [1.82, 2.24) is 10.3 Å². The predicted molar refractivity (Wildman–Crippen MR) is 90.2 cm³/mol. The molecule has 1 heterocycles. The molecule has 0 aliphatic heterocycles. The fraction of sp³-hybridized carbons (Fsp3) is 0.600. The zero-order valence-corrected chi connectivity index (χ0v) is 14.8. The van der Waals surface area contributed by atoms with E-state index < -0.39 is 5.54 Å². The van der Waals surface area contributed by atoms with Gasteiger partial charge in [0.25, 0.3) is 0 Å². The summed E-state index contributed by atoms with van der Waals surface area (Å²) in [5, 5.41) is 4.76. The number of halogens is 1. The number of carbonyl (C=O) groups excluding carboxylic acids is 1. The quantitative estimate of drug-likeness (QED) is 0.834. The highest BCUT2D eigenvalue weighted by Crippen LogP contribution is 2.38. The molecule has 4 nitrogen and oxygen atoms in total. The lowest BCUT2D eigenvalue weighted by Crippen LogP contribution is -2.60. The molecular weight excluding hydrogens is 350 g/mol. The average Bonchev–Trinajstić information content (AvgIpc) is 2.41. The minimum absolute atomic E-state index is 0.231. The van der Waals surface area contributed by atoms with Crippen LogP contribution in [0.15, 0.2) is 27.8 Å². The summed E-state index contributed by atoms with van der Waals surface area (Å²) in [4.78, 5) is 16.4. The Morgan fingerprint density at radius 3 is 2.90 bits per heavy atom. The van der Waals surface area contributed by atoms with Crippen molar-refractivity contribution in [1.29, 1.82) is 0 Å². The Morgan fingerprint density at radius 2 is 2.33 bits per heavy atom. The summed E-state index contributed by atoms with van der Waals surface area (Å²) in [6.07, 6.45) is 5.50. The van der Waals surface area contributed by atoms with E-state index in [1.165, 1.54) is 0 Å². The first-order valence-electron chi connectivity index (χ1n) is 7.27. The van der Waals surface area contributed by atoms with Gasteiger partial charge in [-0.3, -0.25) is 4.79 Å². The maximum atomic E-state index is 12.0. The van der Waals surface area contributed by atoms with Gasteiger partial charge in [0.2, 0.25) is 5.91 Å². The smallest absolute Gasteiger partial charge is 0.237 e. The third kappa shape index (κ3) is 4.44. The molecule has 0 bridgehead atoms. The van der Waals surface area contributed by atoms with Gasteiger partial charge in [0.1, 0.15) is 0 Å². The molecule has 0 aromatic carbocycles. The Morgan fingerprint density at radius 1 is 1.57 bits per heavy atom. The lowest BCUT2D eigenvalue weighted by atomic mass is 9.80. The summed E-state index contributed by atoms with van der Waals surface area (Å²) >= 11 is 5.13. The molecule has 1 fully saturated rings. The number of carbonyl (C=O) groups is 1. The first kappa shape index (κ1) is 16.8. The fourth-order valence-electron chi connectivity index (χ4n) is 2.91. The number of hydrogen-bond acceptors (Lipinski definition) is 4. The van der Waals surface area contributed by atoms with Gasteiger partial charge in [-0.1, -0.05) is 0 Å². The molecule has 0 saturated heterocycles. The molecule has 21 heavy (non-hydrogen) atoms. The number of rotatable bonds is 5. The molecule has 3 N–H and O–H groups in total. The van der Waals surface area contributed by atoms with Gasteiger partial charge in [-0.05, 0) is 67.6 Å². The first-order valence-corrected chi connectivity index (χ1v) is 8.94. The maximum absolute atomic E-state index is 12.0. The monoisotopic (exact) mass is 371 g/mol. The molecule has 1 aliphatic rings. The summed E-state index contributed by atoms with van der Waals surface area (Å²) in [6.45, 7) is 4.11. The van der Waals surface area contributed by atoms with Crippen LogP contribution in [0.3, 0.4) is 0 Å². The number of thioether (sulfide) groups is 1. The largest absolute Gasteiger partial charge is 0.368 e. The molecule has 1 saturated carbocycles. The fourth-order valence-corrected chi connectivity index (χ4v) is 4.39. The van der Waals surface area contributed by atoms with Crippen LogP contribution < -0.4 is 11.1 Å². The minimum atomic E-state index is -0.570. The van der Waals surface area contributed by atoms with Crippen molar-refractivity contribution in [2.75, 3.05) is 0 Å².